The van der Waals surface area contributed by atoms with Crippen molar-refractivity contribution in [3.63, 3.8) is 0 Å². The number of pyridine rings is 1. The summed E-state index contributed by atoms with van der Waals surface area (Å²) in [6.45, 7) is 5.73. The minimum atomic E-state index is 0.110. The third-order valence-electron chi connectivity index (χ3n) is 4.61. The molecule has 0 radical (unpaired) electrons. The molecule has 7 nitrogen and oxygen atoms in total. The maximum absolute atomic E-state index is 5.98. The Morgan fingerprint density at radius 1 is 0.926 bits per heavy atom. The van der Waals surface area contributed by atoms with Gasteiger partial charge in [-0.3, -0.25) is 4.98 Å². The lowest BCUT2D eigenvalue weighted by Crippen LogP contribution is -2.39. The van der Waals surface area contributed by atoms with Gasteiger partial charge in [-0.05, 0) is 37.6 Å². The van der Waals surface area contributed by atoms with Crippen LogP contribution in [0.15, 0.2) is 43.0 Å². The average Bonchev–Trinajstić information content (AvgIpc) is 2.69. The Kier molecular flexibility index (Phi) is 4.91. The largest absolute Gasteiger partial charge is 0.460 e. The molecule has 27 heavy (non-hydrogen) atoms. The van der Waals surface area contributed by atoms with Crippen molar-refractivity contribution in [3.8, 4) is 17.1 Å². The van der Waals surface area contributed by atoms with Crippen LogP contribution in [0.1, 0.15) is 24.2 Å². The van der Waals surface area contributed by atoms with E-state index in [0.717, 1.165) is 54.4 Å². The van der Waals surface area contributed by atoms with Gasteiger partial charge in [-0.1, -0.05) is 0 Å². The van der Waals surface area contributed by atoms with Crippen molar-refractivity contribution >= 4 is 5.95 Å². The van der Waals surface area contributed by atoms with Gasteiger partial charge in [-0.15, -0.1) is 0 Å². The van der Waals surface area contributed by atoms with Crippen LogP contribution in [0.25, 0.3) is 11.1 Å². The Bertz CT molecular complexity index is 872. The summed E-state index contributed by atoms with van der Waals surface area (Å²) < 4.78 is 5.98. The molecule has 1 aliphatic rings. The zero-order valence-electron chi connectivity index (χ0n) is 15.5. The fourth-order valence-corrected chi connectivity index (χ4v) is 3.24. The summed E-state index contributed by atoms with van der Waals surface area (Å²) in [5, 5.41) is 0. The number of rotatable bonds is 4. The Morgan fingerprint density at radius 2 is 1.56 bits per heavy atom. The van der Waals surface area contributed by atoms with E-state index in [0.29, 0.717) is 6.01 Å². The molecular weight excluding hydrogens is 340 g/mol. The van der Waals surface area contributed by atoms with Crippen molar-refractivity contribution in [2.45, 2.75) is 32.8 Å². The van der Waals surface area contributed by atoms with Crippen LogP contribution in [0, 0.1) is 13.8 Å². The number of piperidine rings is 1. The third-order valence-corrected chi connectivity index (χ3v) is 4.61. The molecule has 4 rings (SSSR count). The van der Waals surface area contributed by atoms with E-state index in [1.807, 2.05) is 32.0 Å². The van der Waals surface area contributed by atoms with Crippen LogP contribution in [-0.4, -0.2) is 44.1 Å². The van der Waals surface area contributed by atoms with Crippen LogP contribution in [0.3, 0.4) is 0 Å². The average molecular weight is 362 g/mol. The first-order chi connectivity index (χ1) is 13.2. The van der Waals surface area contributed by atoms with Crippen molar-refractivity contribution in [2.75, 3.05) is 18.0 Å². The summed E-state index contributed by atoms with van der Waals surface area (Å²) >= 11 is 0. The summed E-state index contributed by atoms with van der Waals surface area (Å²) in [6.07, 6.45) is 8.99. The number of ether oxygens (including phenoxy) is 1. The summed E-state index contributed by atoms with van der Waals surface area (Å²) in [6, 6.07) is 6.29. The predicted molar refractivity (Wildman–Crippen MR) is 103 cm³/mol. The van der Waals surface area contributed by atoms with Gasteiger partial charge >= 0.3 is 6.01 Å². The quantitative estimate of drug-likeness (QED) is 0.706. The van der Waals surface area contributed by atoms with E-state index >= 15 is 0 Å². The molecule has 0 atom stereocenters. The standard InChI is InChI=1S/C20H22N6O/c1-14-11-15(2)25-19(24-14)26-9-5-18(6-10-26)27-20-22-12-17(13-23-20)16-3-7-21-8-4-16/h3-4,7-8,11-13,18H,5-6,9-10H2,1-2H3. The van der Waals surface area contributed by atoms with Crippen LogP contribution >= 0.6 is 0 Å². The predicted octanol–water partition coefficient (Wildman–Crippen LogP) is 2.99. The number of aromatic nitrogens is 5. The van der Waals surface area contributed by atoms with Gasteiger partial charge in [0.25, 0.3) is 0 Å². The van der Waals surface area contributed by atoms with Crippen LogP contribution in [0.5, 0.6) is 6.01 Å². The topological polar surface area (TPSA) is 76.9 Å². The van der Waals surface area contributed by atoms with Crippen molar-refractivity contribution in [3.05, 3.63) is 54.4 Å². The van der Waals surface area contributed by atoms with Gasteiger partial charge < -0.3 is 9.64 Å². The molecule has 0 N–H and O–H groups in total. The molecule has 1 aliphatic heterocycles. The molecule has 3 aromatic rings. The highest BCUT2D eigenvalue weighted by Gasteiger charge is 2.23. The normalized spacial score (nSPS) is 15.0. The molecule has 1 fully saturated rings. The number of hydrogen-bond donors (Lipinski definition) is 0. The first-order valence-electron chi connectivity index (χ1n) is 9.14. The SMILES string of the molecule is Cc1cc(C)nc(N2CCC(Oc3ncc(-c4ccncc4)cn3)CC2)n1. The van der Waals surface area contributed by atoms with Crippen molar-refractivity contribution < 1.29 is 4.74 Å². The second kappa shape index (κ2) is 7.65. The van der Waals surface area contributed by atoms with E-state index in [4.69, 9.17) is 4.74 Å². The van der Waals surface area contributed by atoms with E-state index < -0.39 is 0 Å². The third kappa shape index (κ3) is 4.19. The first-order valence-corrected chi connectivity index (χ1v) is 9.14. The van der Waals surface area contributed by atoms with E-state index in [2.05, 4.69) is 29.8 Å². The minimum absolute atomic E-state index is 0.110. The molecule has 0 aromatic carbocycles. The van der Waals surface area contributed by atoms with Crippen molar-refractivity contribution in [1.82, 2.24) is 24.9 Å². The molecule has 0 unspecified atom stereocenters. The molecular formula is C20H22N6O. The van der Waals surface area contributed by atoms with E-state index in [1.165, 1.54) is 0 Å². The van der Waals surface area contributed by atoms with Gasteiger partial charge in [0.2, 0.25) is 5.95 Å². The summed E-state index contributed by atoms with van der Waals surface area (Å²) in [7, 11) is 0. The highest BCUT2D eigenvalue weighted by atomic mass is 16.5. The Balaban J connectivity index is 1.35. The van der Waals surface area contributed by atoms with Gasteiger partial charge in [0.15, 0.2) is 0 Å². The number of aryl methyl sites for hydroxylation is 2. The van der Waals surface area contributed by atoms with E-state index in [9.17, 15) is 0 Å². The zero-order valence-corrected chi connectivity index (χ0v) is 15.5. The van der Waals surface area contributed by atoms with Gasteiger partial charge in [0.1, 0.15) is 6.10 Å². The molecule has 0 amide bonds. The maximum Gasteiger partial charge on any atom is 0.316 e. The van der Waals surface area contributed by atoms with Crippen LogP contribution in [-0.2, 0) is 0 Å². The van der Waals surface area contributed by atoms with Crippen LogP contribution in [0.4, 0.5) is 5.95 Å². The summed E-state index contributed by atoms with van der Waals surface area (Å²) in [4.78, 5) is 24.1. The molecule has 4 heterocycles. The molecule has 0 aliphatic carbocycles. The van der Waals surface area contributed by atoms with Crippen LogP contribution < -0.4 is 9.64 Å². The molecule has 7 heteroatoms. The number of hydrogen-bond acceptors (Lipinski definition) is 7. The number of nitrogens with zero attached hydrogens (tertiary/aromatic N) is 6. The fourth-order valence-electron chi connectivity index (χ4n) is 3.24. The van der Waals surface area contributed by atoms with Crippen LogP contribution in [0.2, 0.25) is 0 Å². The van der Waals surface area contributed by atoms with Crippen molar-refractivity contribution in [2.24, 2.45) is 0 Å². The summed E-state index contributed by atoms with van der Waals surface area (Å²) in [5.74, 6) is 0.809. The first kappa shape index (κ1) is 17.3. The lowest BCUT2D eigenvalue weighted by molar-refractivity contribution is 0.156. The van der Waals surface area contributed by atoms with Crippen molar-refractivity contribution in [1.29, 1.82) is 0 Å². The molecule has 0 spiro atoms. The number of anilines is 1. The van der Waals surface area contributed by atoms with Gasteiger partial charge in [-0.2, -0.15) is 0 Å². The lowest BCUT2D eigenvalue weighted by atomic mass is 10.1. The van der Waals surface area contributed by atoms with Gasteiger partial charge in [-0.25, -0.2) is 19.9 Å². The maximum atomic E-state index is 5.98. The zero-order chi connectivity index (χ0) is 18.6. The summed E-state index contributed by atoms with van der Waals surface area (Å²) in [5.41, 5.74) is 3.99. The smallest absolute Gasteiger partial charge is 0.316 e. The Hall–Kier alpha value is -3.09. The molecule has 0 saturated carbocycles. The fraction of sp³-hybridized carbons (Fsp3) is 0.350. The minimum Gasteiger partial charge on any atom is -0.460 e. The molecule has 0 bridgehead atoms. The van der Waals surface area contributed by atoms with E-state index in [1.54, 1.807) is 24.8 Å². The van der Waals surface area contributed by atoms with E-state index in [-0.39, 0.29) is 6.10 Å². The van der Waals surface area contributed by atoms with Gasteiger partial charge in [0.05, 0.1) is 0 Å². The highest BCUT2D eigenvalue weighted by molar-refractivity contribution is 5.60. The second-order valence-electron chi connectivity index (χ2n) is 6.75. The lowest BCUT2D eigenvalue weighted by Gasteiger charge is -2.31. The molecule has 3 aromatic heterocycles. The highest BCUT2D eigenvalue weighted by Crippen LogP contribution is 2.21. The van der Waals surface area contributed by atoms with Gasteiger partial charge in [0, 0.05) is 67.7 Å². The Labute approximate surface area is 158 Å². The molecule has 138 valence electrons. The second-order valence-corrected chi connectivity index (χ2v) is 6.75. The monoisotopic (exact) mass is 362 g/mol. The molecule has 1 saturated heterocycles. The Morgan fingerprint density at radius 3 is 2.19 bits per heavy atom.